The molecule has 1 N–H and O–H groups in total. The van der Waals surface area contributed by atoms with Gasteiger partial charge in [-0.15, -0.1) is 0 Å². The van der Waals surface area contributed by atoms with Crippen molar-refractivity contribution in [2.75, 3.05) is 18.0 Å². The van der Waals surface area contributed by atoms with Gasteiger partial charge in [0.25, 0.3) is 0 Å². The quantitative estimate of drug-likeness (QED) is 0.924. The topological polar surface area (TPSA) is 45.2 Å². The van der Waals surface area contributed by atoms with Gasteiger partial charge in [0.2, 0.25) is 5.91 Å². The minimum absolute atomic E-state index is 0.00414. The van der Waals surface area contributed by atoms with Crippen LogP contribution in [0.4, 0.5) is 5.69 Å². The van der Waals surface area contributed by atoms with Crippen molar-refractivity contribution in [2.45, 2.75) is 25.3 Å². The first-order valence-electron chi connectivity index (χ1n) is 7.91. The van der Waals surface area contributed by atoms with Gasteiger partial charge in [0.15, 0.2) is 0 Å². The molecule has 1 aromatic heterocycles. The van der Waals surface area contributed by atoms with Crippen LogP contribution in [-0.4, -0.2) is 30.0 Å². The molecule has 3 heterocycles. The highest BCUT2D eigenvalue weighted by Crippen LogP contribution is 2.36. The molecule has 1 atom stereocenters. The predicted octanol–water partition coefficient (Wildman–Crippen LogP) is 2.39. The van der Waals surface area contributed by atoms with Crippen LogP contribution in [0, 0.1) is 0 Å². The number of fused-ring (bicyclic) bond motifs is 1. The summed E-state index contributed by atoms with van der Waals surface area (Å²) in [5.41, 5.74) is 4.74. The molecule has 2 aromatic rings. The first-order chi connectivity index (χ1) is 10.8. The molecule has 4 heteroatoms. The summed E-state index contributed by atoms with van der Waals surface area (Å²) in [6.07, 6.45) is 6.60. The number of hydrogen-bond donors (Lipinski definition) is 1. The van der Waals surface area contributed by atoms with Crippen molar-refractivity contribution in [3.05, 3.63) is 48.3 Å². The van der Waals surface area contributed by atoms with Gasteiger partial charge in [0, 0.05) is 24.6 Å². The second-order valence-corrected chi connectivity index (χ2v) is 5.93. The number of rotatable bonds is 2. The second-order valence-electron chi connectivity index (χ2n) is 5.93. The van der Waals surface area contributed by atoms with Crippen LogP contribution in [0.2, 0.25) is 0 Å². The van der Waals surface area contributed by atoms with Gasteiger partial charge in [-0.05, 0) is 60.7 Å². The maximum Gasteiger partial charge on any atom is 0.244 e. The van der Waals surface area contributed by atoms with E-state index in [-0.39, 0.29) is 11.9 Å². The van der Waals surface area contributed by atoms with E-state index in [0.29, 0.717) is 0 Å². The van der Waals surface area contributed by atoms with Crippen LogP contribution in [0.3, 0.4) is 0 Å². The molecule has 1 saturated heterocycles. The van der Waals surface area contributed by atoms with Gasteiger partial charge in [0.05, 0.1) is 6.04 Å². The number of amides is 1. The van der Waals surface area contributed by atoms with E-state index in [2.05, 4.69) is 22.4 Å². The van der Waals surface area contributed by atoms with E-state index >= 15 is 0 Å². The largest absolute Gasteiger partial charge is 0.310 e. The molecule has 1 unspecified atom stereocenters. The molecule has 1 amide bonds. The van der Waals surface area contributed by atoms with Gasteiger partial charge >= 0.3 is 0 Å². The van der Waals surface area contributed by atoms with Crippen LogP contribution in [-0.2, 0) is 11.2 Å². The zero-order valence-corrected chi connectivity index (χ0v) is 12.5. The number of benzene rings is 1. The minimum Gasteiger partial charge on any atom is -0.310 e. The lowest BCUT2D eigenvalue weighted by Crippen LogP contribution is -2.42. The van der Waals surface area contributed by atoms with Crippen molar-refractivity contribution in [3.63, 3.8) is 0 Å². The SMILES string of the molecule is O=C(C1CCCN1)N1CCc2c(-c3ccncc3)cccc21. The van der Waals surface area contributed by atoms with Crippen LogP contribution in [0.25, 0.3) is 11.1 Å². The lowest BCUT2D eigenvalue weighted by molar-refractivity contribution is -0.120. The molecular weight excluding hydrogens is 274 g/mol. The van der Waals surface area contributed by atoms with Crippen molar-refractivity contribution < 1.29 is 4.79 Å². The Morgan fingerprint density at radius 3 is 2.86 bits per heavy atom. The van der Waals surface area contributed by atoms with Gasteiger partial charge in [0.1, 0.15) is 0 Å². The highest BCUT2D eigenvalue weighted by atomic mass is 16.2. The number of hydrogen-bond acceptors (Lipinski definition) is 3. The number of pyridine rings is 1. The van der Waals surface area contributed by atoms with E-state index in [1.807, 2.05) is 35.5 Å². The fourth-order valence-corrected chi connectivity index (χ4v) is 3.55. The summed E-state index contributed by atoms with van der Waals surface area (Å²) < 4.78 is 0. The zero-order valence-electron chi connectivity index (χ0n) is 12.5. The number of aromatic nitrogens is 1. The molecule has 4 nitrogen and oxygen atoms in total. The molecule has 22 heavy (non-hydrogen) atoms. The molecule has 0 saturated carbocycles. The van der Waals surface area contributed by atoms with Crippen molar-refractivity contribution in [1.82, 2.24) is 10.3 Å². The molecule has 4 rings (SSSR count). The first-order valence-corrected chi connectivity index (χ1v) is 7.91. The number of nitrogens with one attached hydrogen (secondary N) is 1. The molecule has 0 bridgehead atoms. The van der Waals surface area contributed by atoms with Crippen LogP contribution >= 0.6 is 0 Å². The average molecular weight is 293 g/mol. The van der Waals surface area contributed by atoms with Crippen molar-refractivity contribution in [1.29, 1.82) is 0 Å². The molecule has 112 valence electrons. The van der Waals surface area contributed by atoms with E-state index in [0.717, 1.165) is 38.0 Å². The Balaban J connectivity index is 1.70. The minimum atomic E-state index is -0.00414. The molecule has 2 aliphatic heterocycles. The van der Waals surface area contributed by atoms with Gasteiger partial charge in [-0.3, -0.25) is 9.78 Å². The summed E-state index contributed by atoms with van der Waals surface area (Å²) >= 11 is 0. The van der Waals surface area contributed by atoms with Gasteiger partial charge in [-0.2, -0.15) is 0 Å². The normalized spacial score (nSPS) is 20.2. The Labute approximate surface area is 130 Å². The smallest absolute Gasteiger partial charge is 0.244 e. The summed E-state index contributed by atoms with van der Waals surface area (Å²) in [4.78, 5) is 18.8. The second kappa shape index (κ2) is 5.54. The lowest BCUT2D eigenvalue weighted by atomic mass is 9.99. The van der Waals surface area contributed by atoms with Crippen LogP contribution in [0.1, 0.15) is 18.4 Å². The standard InChI is InChI=1S/C18H19N3O/c22-18(16-4-2-9-20-16)21-12-8-15-14(3-1-5-17(15)21)13-6-10-19-11-7-13/h1,3,5-7,10-11,16,20H,2,4,8-9,12H2. The monoisotopic (exact) mass is 293 g/mol. The number of carbonyl (C=O) groups is 1. The predicted molar refractivity (Wildman–Crippen MR) is 86.8 cm³/mol. The molecule has 0 radical (unpaired) electrons. The molecule has 1 aromatic carbocycles. The summed E-state index contributed by atoms with van der Waals surface area (Å²) in [6.45, 7) is 1.74. The molecule has 1 fully saturated rings. The Morgan fingerprint density at radius 1 is 1.23 bits per heavy atom. The first kappa shape index (κ1) is 13.5. The summed E-state index contributed by atoms with van der Waals surface area (Å²) in [7, 11) is 0. The van der Waals surface area contributed by atoms with Crippen molar-refractivity contribution >= 4 is 11.6 Å². The third kappa shape index (κ3) is 2.20. The fraction of sp³-hybridized carbons (Fsp3) is 0.333. The van der Waals surface area contributed by atoms with E-state index in [1.165, 1.54) is 16.7 Å². The molecule has 2 aliphatic rings. The zero-order chi connectivity index (χ0) is 14.9. The van der Waals surface area contributed by atoms with Gasteiger partial charge < -0.3 is 10.2 Å². The lowest BCUT2D eigenvalue weighted by Gasteiger charge is -2.21. The highest BCUT2D eigenvalue weighted by molar-refractivity contribution is 6.00. The molecular formula is C18H19N3O. The van der Waals surface area contributed by atoms with E-state index in [1.54, 1.807) is 0 Å². The van der Waals surface area contributed by atoms with Gasteiger partial charge in [-0.1, -0.05) is 12.1 Å². The van der Waals surface area contributed by atoms with Crippen molar-refractivity contribution in [2.24, 2.45) is 0 Å². The summed E-state index contributed by atoms with van der Waals surface area (Å²) in [5, 5.41) is 3.31. The molecule has 0 spiro atoms. The van der Waals surface area contributed by atoms with E-state index < -0.39 is 0 Å². The van der Waals surface area contributed by atoms with E-state index in [4.69, 9.17) is 0 Å². The van der Waals surface area contributed by atoms with E-state index in [9.17, 15) is 4.79 Å². The third-order valence-electron chi connectivity index (χ3n) is 4.64. The summed E-state index contributed by atoms with van der Waals surface area (Å²) in [5.74, 6) is 0.225. The maximum absolute atomic E-state index is 12.7. The van der Waals surface area contributed by atoms with Gasteiger partial charge in [-0.25, -0.2) is 0 Å². The number of carbonyl (C=O) groups excluding carboxylic acids is 1. The Hall–Kier alpha value is -2.20. The summed E-state index contributed by atoms with van der Waals surface area (Å²) in [6, 6.07) is 10.3. The average Bonchev–Trinajstić information content (AvgIpc) is 3.24. The Bertz CT molecular complexity index is 693. The molecule has 0 aliphatic carbocycles. The Morgan fingerprint density at radius 2 is 2.09 bits per heavy atom. The highest BCUT2D eigenvalue weighted by Gasteiger charge is 2.32. The maximum atomic E-state index is 12.7. The third-order valence-corrected chi connectivity index (χ3v) is 4.64. The van der Waals surface area contributed by atoms with Crippen LogP contribution < -0.4 is 10.2 Å². The number of nitrogens with zero attached hydrogens (tertiary/aromatic N) is 2. The van der Waals surface area contributed by atoms with Crippen molar-refractivity contribution in [3.8, 4) is 11.1 Å². The fourth-order valence-electron chi connectivity index (χ4n) is 3.55. The Kier molecular flexibility index (Phi) is 3.39. The number of anilines is 1. The van der Waals surface area contributed by atoms with Crippen LogP contribution in [0.15, 0.2) is 42.7 Å². The van der Waals surface area contributed by atoms with Crippen LogP contribution in [0.5, 0.6) is 0 Å².